The highest BCUT2D eigenvalue weighted by molar-refractivity contribution is 5.76. The van der Waals surface area contributed by atoms with E-state index in [9.17, 15) is 4.79 Å². The zero-order valence-corrected chi connectivity index (χ0v) is 13.4. The van der Waals surface area contributed by atoms with Crippen molar-refractivity contribution in [1.82, 2.24) is 10.2 Å². The zero-order chi connectivity index (χ0) is 14.8. The molecule has 1 saturated heterocycles. The highest BCUT2D eigenvalue weighted by Crippen LogP contribution is 2.55. The largest absolute Gasteiger partial charge is 0.333 e. The molecule has 0 spiro atoms. The zero-order valence-electron chi connectivity index (χ0n) is 13.4. The van der Waals surface area contributed by atoms with Crippen LogP contribution in [0.25, 0.3) is 0 Å². The average Bonchev–Trinajstić information content (AvgIpc) is 2.32. The van der Waals surface area contributed by atoms with Crippen molar-refractivity contribution < 1.29 is 4.79 Å². The molecule has 0 aromatic carbocycles. The lowest BCUT2D eigenvalue weighted by molar-refractivity contribution is -0.0204. The Bertz CT molecular complexity index is 418. The van der Waals surface area contributed by atoms with Crippen molar-refractivity contribution in [2.75, 3.05) is 13.1 Å². The predicted molar refractivity (Wildman–Crippen MR) is 82.8 cm³/mol. The molecule has 0 radical (unpaired) electrons. The van der Waals surface area contributed by atoms with Crippen molar-refractivity contribution in [2.45, 2.75) is 63.5 Å². The molecule has 4 nitrogen and oxygen atoms in total. The normalized spacial score (nSPS) is 43.0. The van der Waals surface area contributed by atoms with Crippen LogP contribution in [0, 0.1) is 23.7 Å². The molecule has 5 fully saturated rings. The SMILES string of the molecule is CC(C)C1(N)CN(C(=O)NC23CC4CC(CC(C4)C2)C3)C1. The Kier molecular flexibility index (Phi) is 2.89. The van der Waals surface area contributed by atoms with Crippen molar-refractivity contribution in [3.63, 3.8) is 0 Å². The highest BCUT2D eigenvalue weighted by atomic mass is 16.2. The first-order valence-corrected chi connectivity index (χ1v) is 8.73. The molecule has 0 unspecified atom stereocenters. The molecule has 4 bridgehead atoms. The third-order valence-corrected chi connectivity index (χ3v) is 6.82. The molecule has 118 valence electrons. The van der Waals surface area contributed by atoms with Gasteiger partial charge in [0, 0.05) is 18.6 Å². The van der Waals surface area contributed by atoms with Crippen LogP contribution in [-0.4, -0.2) is 35.1 Å². The molecular formula is C17H29N3O. The summed E-state index contributed by atoms with van der Waals surface area (Å²) in [6, 6.07) is 0.138. The van der Waals surface area contributed by atoms with Gasteiger partial charge in [0.15, 0.2) is 0 Å². The average molecular weight is 291 g/mol. The quantitative estimate of drug-likeness (QED) is 0.820. The highest BCUT2D eigenvalue weighted by Gasteiger charge is 2.53. The van der Waals surface area contributed by atoms with Crippen LogP contribution >= 0.6 is 0 Å². The van der Waals surface area contributed by atoms with Gasteiger partial charge in [0.05, 0.1) is 5.54 Å². The molecule has 1 aliphatic heterocycles. The molecule has 4 aliphatic carbocycles. The molecular weight excluding hydrogens is 262 g/mol. The Morgan fingerprint density at radius 1 is 1.10 bits per heavy atom. The van der Waals surface area contributed by atoms with Gasteiger partial charge in [0.1, 0.15) is 0 Å². The lowest BCUT2D eigenvalue weighted by Gasteiger charge is -2.58. The van der Waals surface area contributed by atoms with Crippen LogP contribution in [0.2, 0.25) is 0 Å². The van der Waals surface area contributed by atoms with Crippen molar-refractivity contribution in [3.8, 4) is 0 Å². The van der Waals surface area contributed by atoms with Crippen molar-refractivity contribution in [3.05, 3.63) is 0 Å². The minimum atomic E-state index is -0.168. The molecule has 0 aromatic rings. The Morgan fingerprint density at radius 3 is 2.00 bits per heavy atom. The van der Waals surface area contributed by atoms with E-state index in [2.05, 4.69) is 19.2 Å². The second kappa shape index (κ2) is 4.37. The summed E-state index contributed by atoms with van der Waals surface area (Å²) in [5.74, 6) is 3.05. The van der Waals surface area contributed by atoms with E-state index < -0.39 is 0 Å². The van der Waals surface area contributed by atoms with Crippen LogP contribution in [0.4, 0.5) is 4.79 Å². The number of rotatable bonds is 2. The van der Waals surface area contributed by atoms with E-state index in [1.54, 1.807) is 0 Å². The van der Waals surface area contributed by atoms with Crippen LogP contribution < -0.4 is 11.1 Å². The van der Waals surface area contributed by atoms with Crippen LogP contribution in [0.5, 0.6) is 0 Å². The molecule has 4 saturated carbocycles. The molecule has 3 N–H and O–H groups in total. The number of carbonyl (C=O) groups is 1. The monoisotopic (exact) mass is 291 g/mol. The van der Waals surface area contributed by atoms with Gasteiger partial charge in [0.25, 0.3) is 0 Å². The fourth-order valence-electron chi connectivity index (χ4n) is 5.74. The summed E-state index contributed by atoms with van der Waals surface area (Å²) in [4.78, 5) is 14.5. The van der Waals surface area contributed by atoms with Gasteiger partial charge >= 0.3 is 6.03 Å². The van der Waals surface area contributed by atoms with E-state index in [0.29, 0.717) is 19.0 Å². The van der Waals surface area contributed by atoms with E-state index in [-0.39, 0.29) is 17.1 Å². The number of hydrogen-bond acceptors (Lipinski definition) is 2. The van der Waals surface area contributed by atoms with Gasteiger partial charge in [-0.2, -0.15) is 0 Å². The van der Waals surface area contributed by atoms with Gasteiger partial charge in [0.2, 0.25) is 0 Å². The molecule has 5 rings (SSSR count). The minimum absolute atomic E-state index is 0.122. The van der Waals surface area contributed by atoms with Crippen molar-refractivity contribution in [1.29, 1.82) is 0 Å². The fourth-order valence-corrected chi connectivity index (χ4v) is 5.74. The number of urea groups is 1. The number of carbonyl (C=O) groups excluding carboxylic acids is 1. The number of nitrogens with two attached hydrogens (primary N) is 1. The lowest BCUT2D eigenvalue weighted by atomic mass is 9.53. The lowest BCUT2D eigenvalue weighted by Crippen LogP contribution is -2.74. The molecule has 21 heavy (non-hydrogen) atoms. The summed E-state index contributed by atoms with van der Waals surface area (Å²) < 4.78 is 0. The van der Waals surface area contributed by atoms with E-state index in [4.69, 9.17) is 5.73 Å². The van der Waals surface area contributed by atoms with Gasteiger partial charge in [-0.25, -0.2) is 4.79 Å². The second-order valence-corrected chi connectivity index (χ2v) is 8.87. The Labute approximate surface area is 127 Å². The molecule has 5 aliphatic rings. The van der Waals surface area contributed by atoms with Crippen LogP contribution in [-0.2, 0) is 0 Å². The number of nitrogens with one attached hydrogen (secondary N) is 1. The fraction of sp³-hybridized carbons (Fsp3) is 0.941. The van der Waals surface area contributed by atoms with Gasteiger partial charge in [-0.15, -0.1) is 0 Å². The molecule has 0 atom stereocenters. The van der Waals surface area contributed by atoms with Gasteiger partial charge < -0.3 is 16.0 Å². The first kappa shape index (κ1) is 13.9. The molecule has 1 heterocycles. The standard InChI is InChI=1S/C17H29N3O/c1-11(2)17(18)9-20(10-17)15(21)19-16-6-12-3-13(7-16)5-14(4-12)8-16/h11-14H,3-10,18H2,1-2H3,(H,19,21). The smallest absolute Gasteiger partial charge is 0.317 e. The van der Waals surface area contributed by atoms with Crippen LogP contribution in [0.3, 0.4) is 0 Å². The maximum Gasteiger partial charge on any atom is 0.317 e. The summed E-state index contributed by atoms with van der Waals surface area (Å²) in [5, 5.41) is 3.43. The first-order valence-electron chi connectivity index (χ1n) is 8.73. The van der Waals surface area contributed by atoms with E-state index in [0.717, 1.165) is 17.8 Å². The van der Waals surface area contributed by atoms with E-state index in [1.165, 1.54) is 38.5 Å². The second-order valence-electron chi connectivity index (χ2n) is 8.87. The summed E-state index contributed by atoms with van der Waals surface area (Å²) >= 11 is 0. The number of likely N-dealkylation sites (tertiary alicyclic amines) is 1. The van der Waals surface area contributed by atoms with Crippen molar-refractivity contribution >= 4 is 6.03 Å². The summed E-state index contributed by atoms with van der Waals surface area (Å²) in [6.07, 6.45) is 7.90. The van der Waals surface area contributed by atoms with Crippen molar-refractivity contribution in [2.24, 2.45) is 29.4 Å². The number of nitrogens with zero attached hydrogens (tertiary/aromatic N) is 1. The van der Waals surface area contributed by atoms with Crippen LogP contribution in [0.15, 0.2) is 0 Å². The van der Waals surface area contributed by atoms with E-state index >= 15 is 0 Å². The Morgan fingerprint density at radius 2 is 1.57 bits per heavy atom. The summed E-state index contributed by atoms with van der Waals surface area (Å²) in [6.45, 7) is 5.72. The topological polar surface area (TPSA) is 58.4 Å². The van der Waals surface area contributed by atoms with Gasteiger partial charge in [-0.1, -0.05) is 13.8 Å². The number of amides is 2. The summed E-state index contributed by atoms with van der Waals surface area (Å²) in [7, 11) is 0. The number of hydrogen-bond donors (Lipinski definition) is 2. The Hall–Kier alpha value is -0.770. The third-order valence-electron chi connectivity index (χ3n) is 6.82. The third kappa shape index (κ3) is 2.18. The Balaban J connectivity index is 1.40. The molecule has 4 heteroatoms. The van der Waals surface area contributed by atoms with Gasteiger partial charge in [-0.3, -0.25) is 0 Å². The summed E-state index contributed by atoms with van der Waals surface area (Å²) in [5.41, 5.74) is 6.27. The molecule has 0 aromatic heterocycles. The molecule has 2 amide bonds. The predicted octanol–water partition coefficient (Wildman–Crippen LogP) is 2.33. The maximum absolute atomic E-state index is 12.6. The van der Waals surface area contributed by atoms with Crippen LogP contribution in [0.1, 0.15) is 52.4 Å². The maximum atomic E-state index is 12.6. The van der Waals surface area contributed by atoms with E-state index in [1.807, 2.05) is 4.90 Å². The van der Waals surface area contributed by atoms with Gasteiger partial charge in [-0.05, 0) is 62.2 Å². The minimum Gasteiger partial charge on any atom is -0.333 e. The first-order chi connectivity index (χ1) is 9.87.